The van der Waals surface area contributed by atoms with Crippen molar-refractivity contribution in [3.05, 3.63) is 24.6 Å². The van der Waals surface area contributed by atoms with E-state index in [1.807, 2.05) is 0 Å². The molecular formula is C18H35N. The molecule has 0 aromatic carbocycles. The molecule has 1 heteroatoms. The van der Waals surface area contributed by atoms with Crippen LogP contribution in [-0.2, 0) is 0 Å². The van der Waals surface area contributed by atoms with Gasteiger partial charge in [0.25, 0.3) is 0 Å². The molecule has 0 aliphatic carbocycles. The van der Waals surface area contributed by atoms with Gasteiger partial charge in [0.05, 0.1) is 0 Å². The van der Waals surface area contributed by atoms with Gasteiger partial charge in [0.2, 0.25) is 0 Å². The van der Waals surface area contributed by atoms with E-state index < -0.39 is 0 Å². The summed E-state index contributed by atoms with van der Waals surface area (Å²) in [6, 6.07) is 0. The Labute approximate surface area is 121 Å². The number of nitrogens with zero attached hydrogens (tertiary/aromatic N) is 1. The molecule has 0 spiro atoms. The Morgan fingerprint density at radius 1 is 0.895 bits per heavy atom. The Hall–Kier alpha value is -0.720. The summed E-state index contributed by atoms with van der Waals surface area (Å²) >= 11 is 0. The molecule has 19 heavy (non-hydrogen) atoms. The Balaban J connectivity index is 3.56. The van der Waals surface area contributed by atoms with E-state index >= 15 is 0 Å². The van der Waals surface area contributed by atoms with Crippen LogP contribution in [0.5, 0.6) is 0 Å². The van der Waals surface area contributed by atoms with Crippen molar-refractivity contribution < 1.29 is 0 Å². The lowest BCUT2D eigenvalue weighted by Crippen LogP contribution is -2.19. The number of unbranched alkanes of at least 4 members (excludes halogenated alkanes) is 7. The van der Waals surface area contributed by atoms with Gasteiger partial charge < -0.3 is 4.90 Å². The first-order valence-electron chi connectivity index (χ1n) is 8.11. The molecule has 0 unspecified atom stereocenters. The highest BCUT2D eigenvalue weighted by molar-refractivity contribution is 5.07. The van der Waals surface area contributed by atoms with Crippen molar-refractivity contribution in [2.45, 2.75) is 78.6 Å². The maximum atomic E-state index is 4.18. The van der Waals surface area contributed by atoms with E-state index in [2.05, 4.69) is 45.9 Å². The molecule has 0 saturated heterocycles. The molecule has 0 radical (unpaired) electrons. The Morgan fingerprint density at radius 3 is 1.84 bits per heavy atom. The average Bonchev–Trinajstić information content (AvgIpc) is 2.39. The van der Waals surface area contributed by atoms with Gasteiger partial charge in [-0.3, -0.25) is 0 Å². The standard InChI is InChI=1S/C18H35N/c1-7-8-9-10-11-12-13-14-15-17(4)19(6)18(5)16(2)3/h16H,4-5,7-15H2,1-3,6H3. The summed E-state index contributed by atoms with van der Waals surface area (Å²) < 4.78 is 0. The van der Waals surface area contributed by atoms with Crippen LogP contribution in [0.15, 0.2) is 24.6 Å². The van der Waals surface area contributed by atoms with E-state index in [-0.39, 0.29) is 0 Å². The fourth-order valence-corrected chi connectivity index (χ4v) is 2.22. The van der Waals surface area contributed by atoms with Crippen LogP contribution < -0.4 is 0 Å². The summed E-state index contributed by atoms with van der Waals surface area (Å²) in [4.78, 5) is 2.17. The Bertz CT molecular complexity index is 252. The molecule has 112 valence electrons. The third-order valence-corrected chi connectivity index (χ3v) is 3.89. The lowest BCUT2D eigenvalue weighted by molar-refractivity contribution is 0.433. The molecule has 0 aromatic rings. The number of rotatable bonds is 12. The van der Waals surface area contributed by atoms with Crippen LogP contribution in [0.4, 0.5) is 0 Å². The molecule has 0 heterocycles. The Kier molecular flexibility index (Phi) is 10.7. The van der Waals surface area contributed by atoms with E-state index in [0.29, 0.717) is 5.92 Å². The van der Waals surface area contributed by atoms with Crippen molar-refractivity contribution in [3.8, 4) is 0 Å². The van der Waals surface area contributed by atoms with E-state index in [0.717, 1.165) is 6.42 Å². The van der Waals surface area contributed by atoms with Crippen LogP contribution in [0.2, 0.25) is 0 Å². The molecule has 0 atom stereocenters. The molecule has 0 saturated carbocycles. The zero-order valence-corrected chi connectivity index (χ0v) is 13.8. The summed E-state index contributed by atoms with van der Waals surface area (Å²) in [6.45, 7) is 14.9. The monoisotopic (exact) mass is 265 g/mol. The van der Waals surface area contributed by atoms with Crippen LogP contribution in [0, 0.1) is 5.92 Å². The molecule has 0 amide bonds. The summed E-state index contributed by atoms with van der Waals surface area (Å²) in [5, 5.41) is 0. The van der Waals surface area contributed by atoms with Gasteiger partial charge in [-0.1, -0.05) is 78.9 Å². The van der Waals surface area contributed by atoms with Crippen LogP contribution in [0.25, 0.3) is 0 Å². The molecule has 0 aliphatic rings. The van der Waals surface area contributed by atoms with E-state index in [4.69, 9.17) is 0 Å². The maximum absolute atomic E-state index is 4.18. The quantitative estimate of drug-likeness (QED) is 0.383. The van der Waals surface area contributed by atoms with Crippen molar-refractivity contribution in [1.29, 1.82) is 0 Å². The van der Waals surface area contributed by atoms with Crippen molar-refractivity contribution in [2.24, 2.45) is 5.92 Å². The molecule has 1 nitrogen and oxygen atoms in total. The highest BCUT2D eigenvalue weighted by atomic mass is 15.1. The van der Waals surface area contributed by atoms with Gasteiger partial charge in [-0.15, -0.1) is 0 Å². The predicted octanol–water partition coefficient (Wildman–Crippen LogP) is 6.13. The second-order valence-electron chi connectivity index (χ2n) is 6.00. The van der Waals surface area contributed by atoms with Crippen molar-refractivity contribution in [3.63, 3.8) is 0 Å². The van der Waals surface area contributed by atoms with Crippen LogP contribution >= 0.6 is 0 Å². The molecule has 0 aliphatic heterocycles. The third-order valence-electron chi connectivity index (χ3n) is 3.89. The van der Waals surface area contributed by atoms with Gasteiger partial charge in [-0.05, 0) is 18.8 Å². The van der Waals surface area contributed by atoms with Crippen molar-refractivity contribution >= 4 is 0 Å². The van der Waals surface area contributed by atoms with Crippen LogP contribution in [-0.4, -0.2) is 11.9 Å². The topological polar surface area (TPSA) is 3.24 Å². The molecular weight excluding hydrogens is 230 g/mol. The minimum atomic E-state index is 0.500. The van der Waals surface area contributed by atoms with Gasteiger partial charge in [0, 0.05) is 18.4 Å². The fourth-order valence-electron chi connectivity index (χ4n) is 2.22. The second kappa shape index (κ2) is 11.1. The first-order chi connectivity index (χ1) is 9.00. The Morgan fingerprint density at radius 2 is 1.37 bits per heavy atom. The zero-order valence-electron chi connectivity index (χ0n) is 13.8. The molecule has 0 rings (SSSR count). The summed E-state index contributed by atoms with van der Waals surface area (Å²) in [5.41, 5.74) is 2.38. The van der Waals surface area contributed by atoms with Gasteiger partial charge in [-0.25, -0.2) is 0 Å². The van der Waals surface area contributed by atoms with Gasteiger partial charge >= 0.3 is 0 Å². The first kappa shape index (κ1) is 18.3. The molecule has 0 N–H and O–H groups in total. The van der Waals surface area contributed by atoms with Crippen molar-refractivity contribution in [1.82, 2.24) is 4.90 Å². The second-order valence-corrected chi connectivity index (χ2v) is 6.00. The molecule has 0 fully saturated rings. The lowest BCUT2D eigenvalue weighted by Gasteiger charge is -2.26. The zero-order chi connectivity index (χ0) is 14.7. The third kappa shape index (κ3) is 8.91. The minimum Gasteiger partial charge on any atom is -0.353 e. The fraction of sp³-hybridized carbons (Fsp3) is 0.778. The highest BCUT2D eigenvalue weighted by Gasteiger charge is 2.08. The average molecular weight is 265 g/mol. The summed E-state index contributed by atoms with van der Waals surface area (Å²) in [7, 11) is 2.09. The maximum Gasteiger partial charge on any atom is 0.0127 e. The van der Waals surface area contributed by atoms with E-state index in [9.17, 15) is 0 Å². The SMILES string of the molecule is C=C(CCCCCCCCCC)N(C)C(=C)C(C)C. The lowest BCUT2D eigenvalue weighted by atomic mass is 10.1. The number of hydrogen-bond donors (Lipinski definition) is 0. The van der Waals surface area contributed by atoms with Gasteiger partial charge in [0.15, 0.2) is 0 Å². The molecule has 0 bridgehead atoms. The van der Waals surface area contributed by atoms with E-state index in [1.165, 1.54) is 62.8 Å². The molecule has 0 aromatic heterocycles. The van der Waals surface area contributed by atoms with Gasteiger partial charge in [0.1, 0.15) is 0 Å². The largest absolute Gasteiger partial charge is 0.353 e. The normalized spacial score (nSPS) is 10.8. The van der Waals surface area contributed by atoms with Crippen LogP contribution in [0.1, 0.15) is 78.6 Å². The highest BCUT2D eigenvalue weighted by Crippen LogP contribution is 2.19. The van der Waals surface area contributed by atoms with Gasteiger partial charge in [-0.2, -0.15) is 0 Å². The smallest absolute Gasteiger partial charge is 0.0127 e. The van der Waals surface area contributed by atoms with E-state index in [1.54, 1.807) is 0 Å². The number of allylic oxidation sites excluding steroid dienone is 2. The first-order valence-corrected chi connectivity index (χ1v) is 8.11. The minimum absolute atomic E-state index is 0.500. The number of hydrogen-bond acceptors (Lipinski definition) is 1. The van der Waals surface area contributed by atoms with Crippen molar-refractivity contribution in [2.75, 3.05) is 7.05 Å². The summed E-state index contributed by atoms with van der Waals surface area (Å²) in [5.74, 6) is 0.500. The van der Waals surface area contributed by atoms with Crippen LogP contribution in [0.3, 0.4) is 0 Å². The predicted molar refractivity (Wildman–Crippen MR) is 88.1 cm³/mol. The summed E-state index contributed by atoms with van der Waals surface area (Å²) in [6.07, 6.45) is 12.1.